The van der Waals surface area contributed by atoms with Gasteiger partial charge in [-0.1, -0.05) is 18.2 Å². The van der Waals surface area contributed by atoms with E-state index in [-0.39, 0.29) is 24.2 Å². The lowest BCUT2D eigenvalue weighted by molar-refractivity contribution is -0.693. The highest BCUT2D eigenvalue weighted by molar-refractivity contribution is 7.08. The molecule has 27 heavy (non-hydrogen) atoms. The maximum atomic E-state index is 10.5. The first-order valence-electron chi connectivity index (χ1n) is 8.71. The van der Waals surface area contributed by atoms with Gasteiger partial charge in [0.25, 0.3) is 0 Å². The number of nitrogens with two attached hydrogens (primary N) is 1. The molecule has 2 heterocycles. The van der Waals surface area contributed by atoms with Gasteiger partial charge in [-0.05, 0) is 75.0 Å². The van der Waals surface area contributed by atoms with Crippen molar-refractivity contribution in [1.29, 1.82) is 0 Å². The summed E-state index contributed by atoms with van der Waals surface area (Å²) in [5.74, 6) is 0.220. The first-order chi connectivity index (χ1) is 12.6. The number of thiophene rings is 2. The summed E-state index contributed by atoms with van der Waals surface area (Å²) in [5.41, 5.74) is 4.66. The number of benzene rings is 1. The smallest absolute Gasteiger partial charge is 0.130 e. The van der Waals surface area contributed by atoms with Crippen molar-refractivity contribution in [2.75, 3.05) is 6.54 Å². The van der Waals surface area contributed by atoms with Crippen LogP contribution in [-0.4, -0.2) is 22.8 Å². The average Bonchev–Trinajstić information content (AvgIpc) is 3.36. The Kier molecular flexibility index (Phi) is 8.54. The molecular weight excluding hydrogens is 398 g/mol. The number of aliphatic hydroxyl groups is 1. The second-order valence-electron chi connectivity index (χ2n) is 6.35. The van der Waals surface area contributed by atoms with E-state index in [2.05, 4.69) is 45.0 Å². The first kappa shape index (κ1) is 21.7. The lowest BCUT2D eigenvalue weighted by Crippen LogP contribution is -3.00. The van der Waals surface area contributed by atoms with Gasteiger partial charge in [0, 0.05) is 6.42 Å². The molecule has 0 aliphatic carbocycles. The minimum absolute atomic E-state index is 0. The van der Waals surface area contributed by atoms with Gasteiger partial charge in [0.15, 0.2) is 0 Å². The number of phenols is 1. The molecular formula is C21H24ClNO2S2. The van der Waals surface area contributed by atoms with E-state index in [0.717, 1.165) is 18.5 Å². The van der Waals surface area contributed by atoms with Crippen molar-refractivity contribution in [2.45, 2.75) is 25.5 Å². The third-order valence-electron chi connectivity index (χ3n) is 4.45. The van der Waals surface area contributed by atoms with Crippen molar-refractivity contribution in [2.24, 2.45) is 0 Å². The molecule has 144 valence electrons. The number of aliphatic hydroxyl groups excluding tert-OH is 1. The summed E-state index contributed by atoms with van der Waals surface area (Å²) in [6, 6.07) is 11.2. The van der Waals surface area contributed by atoms with Gasteiger partial charge in [0.2, 0.25) is 0 Å². The van der Waals surface area contributed by atoms with E-state index in [1.165, 1.54) is 16.7 Å². The molecule has 0 aliphatic heterocycles. The van der Waals surface area contributed by atoms with Crippen LogP contribution in [0.25, 0.3) is 5.57 Å². The molecule has 0 radical (unpaired) electrons. The van der Waals surface area contributed by atoms with E-state index in [1.807, 2.05) is 6.92 Å². The number of quaternary nitrogens is 1. The Labute approximate surface area is 174 Å². The molecule has 0 fully saturated rings. The van der Waals surface area contributed by atoms with Crippen LogP contribution in [0.3, 0.4) is 0 Å². The molecule has 3 rings (SSSR count). The van der Waals surface area contributed by atoms with Crippen molar-refractivity contribution in [3.8, 4) is 5.75 Å². The highest BCUT2D eigenvalue weighted by Crippen LogP contribution is 2.27. The van der Waals surface area contributed by atoms with Gasteiger partial charge >= 0.3 is 0 Å². The van der Waals surface area contributed by atoms with Crippen molar-refractivity contribution < 1.29 is 27.9 Å². The summed E-state index contributed by atoms with van der Waals surface area (Å²) in [6.07, 6.45) is 2.68. The van der Waals surface area contributed by atoms with Crippen LogP contribution in [0.5, 0.6) is 5.75 Å². The Bertz CT molecular complexity index is 778. The zero-order valence-corrected chi connectivity index (χ0v) is 17.5. The topological polar surface area (TPSA) is 57.1 Å². The fourth-order valence-electron chi connectivity index (χ4n) is 2.93. The van der Waals surface area contributed by atoms with E-state index >= 15 is 0 Å². The minimum atomic E-state index is -0.548. The number of aromatic hydroxyl groups is 1. The maximum absolute atomic E-state index is 10.5. The summed E-state index contributed by atoms with van der Waals surface area (Å²) in [5, 5.41) is 30.6. The molecule has 0 saturated carbocycles. The fourth-order valence-corrected chi connectivity index (χ4v) is 4.24. The molecule has 4 N–H and O–H groups in total. The zero-order valence-electron chi connectivity index (χ0n) is 15.1. The summed E-state index contributed by atoms with van der Waals surface area (Å²) >= 11 is 3.43. The quantitative estimate of drug-likeness (QED) is 0.476. The summed E-state index contributed by atoms with van der Waals surface area (Å²) in [7, 11) is 0. The van der Waals surface area contributed by atoms with Gasteiger partial charge in [-0.15, -0.1) is 0 Å². The second-order valence-corrected chi connectivity index (χ2v) is 7.91. The molecule has 2 unspecified atom stereocenters. The van der Waals surface area contributed by atoms with Gasteiger partial charge in [-0.25, -0.2) is 0 Å². The standard InChI is InChI=1S/C21H23NO2S2.ClH/c1-15(21(24)16-4-6-19(23)7-5-16)22-10-2-3-20(17-8-11-25-13-17)18-9-12-26-14-18;/h3-9,11-15,21-24H,2,10H2,1H3;1H. The molecule has 0 amide bonds. The van der Waals surface area contributed by atoms with Crippen molar-refractivity contribution in [1.82, 2.24) is 0 Å². The predicted molar refractivity (Wildman–Crippen MR) is 110 cm³/mol. The monoisotopic (exact) mass is 421 g/mol. The Hall–Kier alpha value is -1.63. The van der Waals surface area contributed by atoms with E-state index in [0.29, 0.717) is 0 Å². The molecule has 0 aliphatic rings. The van der Waals surface area contributed by atoms with Crippen LogP contribution in [0.15, 0.2) is 64.0 Å². The molecule has 3 aromatic rings. The molecule has 2 aromatic heterocycles. The summed E-state index contributed by atoms with van der Waals surface area (Å²) < 4.78 is 0. The van der Waals surface area contributed by atoms with E-state index < -0.39 is 6.10 Å². The number of phenolic OH excluding ortho intramolecular Hbond substituents is 1. The van der Waals surface area contributed by atoms with E-state index in [4.69, 9.17) is 0 Å². The van der Waals surface area contributed by atoms with Crippen LogP contribution in [-0.2, 0) is 0 Å². The Balaban J connectivity index is 0.00000261. The number of hydrogen-bond acceptors (Lipinski definition) is 4. The maximum Gasteiger partial charge on any atom is 0.130 e. The second kappa shape index (κ2) is 10.6. The molecule has 2 atom stereocenters. The predicted octanol–water partition coefficient (Wildman–Crippen LogP) is 1.03. The Morgan fingerprint density at radius 3 is 2.15 bits per heavy atom. The average molecular weight is 422 g/mol. The Morgan fingerprint density at radius 2 is 1.63 bits per heavy atom. The summed E-state index contributed by atoms with van der Waals surface area (Å²) in [6.45, 7) is 2.94. The van der Waals surface area contributed by atoms with Crippen LogP contribution in [0, 0.1) is 0 Å². The number of hydrogen-bond donors (Lipinski definition) is 3. The third kappa shape index (κ3) is 5.92. The normalized spacial score (nSPS) is 12.8. The van der Waals surface area contributed by atoms with Gasteiger partial charge in [-0.3, -0.25) is 0 Å². The fraction of sp³-hybridized carbons (Fsp3) is 0.238. The molecule has 3 nitrogen and oxygen atoms in total. The molecule has 6 heteroatoms. The minimum Gasteiger partial charge on any atom is -1.00 e. The van der Waals surface area contributed by atoms with Crippen LogP contribution >= 0.6 is 22.7 Å². The SMILES string of the molecule is CC([NH2+]CCC=C(c1ccsc1)c1ccsc1)C(O)c1ccc(O)cc1.[Cl-]. The zero-order chi connectivity index (χ0) is 18.4. The molecule has 0 saturated heterocycles. The van der Waals surface area contributed by atoms with E-state index in [9.17, 15) is 10.2 Å². The number of halogens is 1. The van der Waals surface area contributed by atoms with Crippen molar-refractivity contribution in [3.05, 3.63) is 80.7 Å². The van der Waals surface area contributed by atoms with Gasteiger partial charge in [0.1, 0.15) is 17.9 Å². The van der Waals surface area contributed by atoms with E-state index in [1.54, 1.807) is 46.9 Å². The van der Waals surface area contributed by atoms with Gasteiger partial charge in [-0.2, -0.15) is 22.7 Å². The largest absolute Gasteiger partial charge is 1.00 e. The Morgan fingerprint density at radius 1 is 1.04 bits per heavy atom. The third-order valence-corrected chi connectivity index (χ3v) is 5.82. The summed E-state index contributed by atoms with van der Waals surface area (Å²) in [4.78, 5) is 0. The highest BCUT2D eigenvalue weighted by atomic mass is 35.5. The molecule has 0 bridgehead atoms. The van der Waals surface area contributed by atoms with Crippen molar-refractivity contribution in [3.63, 3.8) is 0 Å². The number of rotatable bonds is 8. The highest BCUT2D eigenvalue weighted by Gasteiger charge is 2.18. The molecule has 0 spiro atoms. The van der Waals surface area contributed by atoms with Crippen molar-refractivity contribution >= 4 is 28.2 Å². The first-order valence-corrected chi connectivity index (χ1v) is 10.6. The molecule has 1 aromatic carbocycles. The van der Waals surface area contributed by atoms with Gasteiger partial charge in [0.05, 0.1) is 6.54 Å². The van der Waals surface area contributed by atoms with Gasteiger partial charge < -0.3 is 27.9 Å². The lowest BCUT2D eigenvalue weighted by atomic mass is 10.0. The lowest BCUT2D eigenvalue weighted by Gasteiger charge is -2.17. The van der Waals surface area contributed by atoms with Crippen LogP contribution in [0.1, 0.15) is 36.1 Å². The van der Waals surface area contributed by atoms with Crippen LogP contribution in [0.4, 0.5) is 0 Å². The van der Waals surface area contributed by atoms with Crippen LogP contribution in [0.2, 0.25) is 0 Å². The van der Waals surface area contributed by atoms with Crippen LogP contribution < -0.4 is 17.7 Å².